The molecule has 0 amide bonds. The summed E-state index contributed by atoms with van der Waals surface area (Å²) < 4.78 is 5.41. The number of guanidine groups is 1. The first kappa shape index (κ1) is 18.0. The molecule has 5 heteroatoms. The number of ether oxygens (including phenoxy) is 1. The highest BCUT2D eigenvalue weighted by atomic mass is 32.2. The van der Waals surface area contributed by atoms with Crippen LogP contribution in [0.3, 0.4) is 0 Å². The van der Waals surface area contributed by atoms with Crippen molar-refractivity contribution in [3.8, 4) is 5.75 Å². The molecular formula is C18H29N3OS. The van der Waals surface area contributed by atoms with Crippen LogP contribution < -0.4 is 10.1 Å². The number of nitrogens with zero attached hydrogens (tertiary/aromatic N) is 2. The van der Waals surface area contributed by atoms with Crippen molar-refractivity contribution in [3.05, 3.63) is 24.3 Å². The second-order valence-corrected chi connectivity index (χ2v) is 7.02. The number of benzene rings is 1. The van der Waals surface area contributed by atoms with Crippen LogP contribution in [0.25, 0.3) is 0 Å². The van der Waals surface area contributed by atoms with Gasteiger partial charge in [0.25, 0.3) is 0 Å². The van der Waals surface area contributed by atoms with Gasteiger partial charge < -0.3 is 15.0 Å². The minimum absolute atomic E-state index is 0.529. The van der Waals surface area contributed by atoms with E-state index in [9.17, 15) is 0 Å². The van der Waals surface area contributed by atoms with E-state index in [1.807, 2.05) is 23.9 Å². The standard InChI is InChI=1S/C18H29N3OS/c1-4-19-18(21-11-7-8-12-21)20-13-15(2)14-23-17-10-6-5-9-16(17)22-3/h5-6,9-10,15H,4,7-8,11-14H2,1-3H3,(H,19,20). The minimum Gasteiger partial charge on any atom is -0.496 e. The average Bonchev–Trinajstić information content (AvgIpc) is 3.11. The van der Waals surface area contributed by atoms with Gasteiger partial charge in [0.15, 0.2) is 5.96 Å². The van der Waals surface area contributed by atoms with Gasteiger partial charge in [0.05, 0.1) is 7.11 Å². The van der Waals surface area contributed by atoms with E-state index in [2.05, 4.69) is 36.2 Å². The fourth-order valence-corrected chi connectivity index (χ4v) is 3.66. The molecule has 4 nitrogen and oxygen atoms in total. The van der Waals surface area contributed by atoms with Crippen molar-refractivity contribution in [2.45, 2.75) is 31.6 Å². The Labute approximate surface area is 144 Å². The summed E-state index contributed by atoms with van der Waals surface area (Å²) in [7, 11) is 1.73. The SMILES string of the molecule is CCNC(=NCC(C)CSc1ccccc1OC)N1CCCC1. The molecule has 0 saturated carbocycles. The van der Waals surface area contributed by atoms with E-state index >= 15 is 0 Å². The molecule has 1 aliphatic rings. The quantitative estimate of drug-likeness (QED) is 0.470. The number of hydrogen-bond donors (Lipinski definition) is 1. The van der Waals surface area contributed by atoms with Crippen LogP contribution in [0.5, 0.6) is 5.75 Å². The van der Waals surface area contributed by atoms with E-state index in [0.717, 1.165) is 43.6 Å². The maximum Gasteiger partial charge on any atom is 0.193 e. The summed E-state index contributed by atoms with van der Waals surface area (Å²) in [6.07, 6.45) is 2.56. The van der Waals surface area contributed by atoms with E-state index in [-0.39, 0.29) is 0 Å². The summed E-state index contributed by atoms with van der Waals surface area (Å²) >= 11 is 1.85. The van der Waals surface area contributed by atoms with E-state index in [4.69, 9.17) is 9.73 Å². The molecule has 0 spiro atoms. The van der Waals surface area contributed by atoms with Gasteiger partial charge in [-0.15, -0.1) is 11.8 Å². The van der Waals surface area contributed by atoms with Crippen molar-refractivity contribution in [1.82, 2.24) is 10.2 Å². The van der Waals surface area contributed by atoms with Crippen LogP contribution in [0.15, 0.2) is 34.2 Å². The minimum atomic E-state index is 0.529. The lowest BCUT2D eigenvalue weighted by Gasteiger charge is -2.21. The summed E-state index contributed by atoms with van der Waals surface area (Å²) in [5.74, 6) is 3.61. The molecule has 1 saturated heterocycles. The highest BCUT2D eigenvalue weighted by Gasteiger charge is 2.16. The molecule has 128 valence electrons. The van der Waals surface area contributed by atoms with Crippen molar-refractivity contribution in [2.75, 3.05) is 39.0 Å². The number of thioether (sulfide) groups is 1. The van der Waals surface area contributed by atoms with Crippen molar-refractivity contribution >= 4 is 17.7 Å². The van der Waals surface area contributed by atoms with Crippen LogP contribution in [-0.2, 0) is 0 Å². The van der Waals surface area contributed by atoms with Crippen molar-refractivity contribution in [1.29, 1.82) is 0 Å². The highest BCUT2D eigenvalue weighted by Crippen LogP contribution is 2.30. The topological polar surface area (TPSA) is 36.9 Å². The summed E-state index contributed by atoms with van der Waals surface area (Å²) in [4.78, 5) is 8.42. The van der Waals surface area contributed by atoms with Gasteiger partial charge in [0, 0.05) is 36.8 Å². The Kier molecular flexibility index (Phi) is 7.59. The second-order valence-electron chi connectivity index (χ2n) is 5.96. The molecule has 1 fully saturated rings. The lowest BCUT2D eigenvalue weighted by Crippen LogP contribution is -2.39. The van der Waals surface area contributed by atoms with Gasteiger partial charge in [-0.1, -0.05) is 19.1 Å². The molecule has 23 heavy (non-hydrogen) atoms. The summed E-state index contributed by atoms with van der Waals surface area (Å²) in [6, 6.07) is 8.20. The van der Waals surface area contributed by atoms with Gasteiger partial charge in [-0.2, -0.15) is 0 Å². The molecule has 1 atom stereocenters. The third-order valence-corrected chi connectivity index (χ3v) is 5.27. The molecule has 2 rings (SSSR count). The molecule has 0 aromatic heterocycles. The number of nitrogens with one attached hydrogen (secondary N) is 1. The predicted molar refractivity (Wildman–Crippen MR) is 99.7 cm³/mol. The van der Waals surface area contributed by atoms with Crippen LogP contribution in [0.2, 0.25) is 0 Å². The van der Waals surface area contributed by atoms with Gasteiger partial charge in [-0.05, 0) is 37.8 Å². The van der Waals surface area contributed by atoms with Gasteiger partial charge in [0.2, 0.25) is 0 Å². The molecule has 1 aliphatic heterocycles. The van der Waals surface area contributed by atoms with Crippen molar-refractivity contribution < 1.29 is 4.74 Å². The van der Waals surface area contributed by atoms with Crippen LogP contribution in [0.1, 0.15) is 26.7 Å². The Morgan fingerprint density at radius 2 is 2.09 bits per heavy atom. The Hall–Kier alpha value is -1.36. The van der Waals surface area contributed by atoms with Crippen LogP contribution >= 0.6 is 11.8 Å². The predicted octanol–water partition coefficient (Wildman–Crippen LogP) is 3.48. The van der Waals surface area contributed by atoms with Crippen LogP contribution in [-0.4, -0.2) is 49.9 Å². The van der Waals surface area contributed by atoms with Crippen molar-refractivity contribution in [3.63, 3.8) is 0 Å². The van der Waals surface area contributed by atoms with Gasteiger partial charge in [-0.25, -0.2) is 0 Å². The number of likely N-dealkylation sites (tertiary alicyclic amines) is 1. The molecule has 1 unspecified atom stereocenters. The first-order valence-electron chi connectivity index (χ1n) is 8.53. The normalized spacial score (nSPS) is 16.5. The van der Waals surface area contributed by atoms with E-state index < -0.39 is 0 Å². The smallest absolute Gasteiger partial charge is 0.193 e. The number of aliphatic imine (C=N–C) groups is 1. The largest absolute Gasteiger partial charge is 0.496 e. The van der Waals surface area contributed by atoms with E-state index in [1.165, 1.54) is 17.7 Å². The zero-order valence-electron chi connectivity index (χ0n) is 14.5. The fraction of sp³-hybridized carbons (Fsp3) is 0.611. The summed E-state index contributed by atoms with van der Waals surface area (Å²) in [5.41, 5.74) is 0. The third-order valence-electron chi connectivity index (χ3n) is 3.89. The van der Waals surface area contributed by atoms with Gasteiger partial charge in [-0.3, -0.25) is 4.99 Å². The molecule has 1 N–H and O–H groups in total. The van der Waals surface area contributed by atoms with Gasteiger partial charge in [0.1, 0.15) is 5.75 Å². The van der Waals surface area contributed by atoms with E-state index in [1.54, 1.807) is 7.11 Å². The number of methoxy groups -OCH3 is 1. The van der Waals surface area contributed by atoms with Crippen LogP contribution in [0.4, 0.5) is 0 Å². The summed E-state index contributed by atoms with van der Waals surface area (Å²) in [5, 5.41) is 3.42. The zero-order valence-corrected chi connectivity index (χ0v) is 15.4. The number of para-hydroxylation sites is 1. The average molecular weight is 336 g/mol. The zero-order chi connectivity index (χ0) is 16.5. The van der Waals surface area contributed by atoms with Crippen molar-refractivity contribution in [2.24, 2.45) is 10.9 Å². The molecule has 0 radical (unpaired) electrons. The Morgan fingerprint density at radius 1 is 1.35 bits per heavy atom. The van der Waals surface area contributed by atoms with Gasteiger partial charge >= 0.3 is 0 Å². The fourth-order valence-electron chi connectivity index (χ4n) is 2.62. The maximum absolute atomic E-state index is 5.41. The number of hydrogen-bond acceptors (Lipinski definition) is 3. The summed E-state index contributed by atoms with van der Waals surface area (Å²) in [6.45, 7) is 8.46. The number of rotatable bonds is 7. The highest BCUT2D eigenvalue weighted by molar-refractivity contribution is 7.99. The third kappa shape index (κ3) is 5.65. The second kappa shape index (κ2) is 9.71. The molecule has 1 aromatic carbocycles. The van der Waals surface area contributed by atoms with Crippen LogP contribution in [0, 0.1) is 5.92 Å². The maximum atomic E-state index is 5.41. The first-order chi connectivity index (χ1) is 11.2. The Morgan fingerprint density at radius 3 is 2.78 bits per heavy atom. The first-order valence-corrected chi connectivity index (χ1v) is 9.52. The molecule has 1 heterocycles. The monoisotopic (exact) mass is 335 g/mol. The molecule has 1 aromatic rings. The lowest BCUT2D eigenvalue weighted by atomic mass is 10.2. The molecule has 0 bridgehead atoms. The Bertz CT molecular complexity index is 501. The Balaban J connectivity index is 1.85. The molecular weight excluding hydrogens is 306 g/mol. The lowest BCUT2D eigenvalue weighted by molar-refractivity contribution is 0.405. The van der Waals surface area contributed by atoms with E-state index in [0.29, 0.717) is 5.92 Å². The molecule has 0 aliphatic carbocycles.